The number of halogens is 2. The van der Waals surface area contributed by atoms with Gasteiger partial charge >= 0.3 is 0 Å². The van der Waals surface area contributed by atoms with Gasteiger partial charge in [-0.05, 0) is 55.5 Å². The standard InChI is InChI=1S/C15H14ClFN2O3S/c1-10(15(20)18-13-6-2-11(16)3-7-13)19-23(21,22)14-8-4-12(17)5-9-14/h2-10,19H,1H3,(H,18,20)/t10-/m1/s1. The summed E-state index contributed by atoms with van der Waals surface area (Å²) in [6, 6.07) is 9.71. The highest BCUT2D eigenvalue weighted by Gasteiger charge is 2.22. The molecule has 2 aromatic rings. The summed E-state index contributed by atoms with van der Waals surface area (Å²) < 4.78 is 39.3. The van der Waals surface area contributed by atoms with E-state index in [1.165, 1.54) is 6.92 Å². The normalized spacial score (nSPS) is 12.7. The number of anilines is 1. The first-order chi connectivity index (χ1) is 10.8. The van der Waals surface area contributed by atoms with Gasteiger partial charge in [-0.25, -0.2) is 12.8 Å². The average Bonchev–Trinajstić information content (AvgIpc) is 2.49. The van der Waals surface area contributed by atoms with E-state index in [0.29, 0.717) is 10.7 Å². The summed E-state index contributed by atoms with van der Waals surface area (Å²) in [6.07, 6.45) is 0. The van der Waals surface area contributed by atoms with E-state index in [2.05, 4.69) is 10.0 Å². The molecule has 122 valence electrons. The summed E-state index contributed by atoms with van der Waals surface area (Å²) in [5.41, 5.74) is 0.493. The van der Waals surface area contributed by atoms with Crippen molar-refractivity contribution in [2.24, 2.45) is 0 Å². The Kier molecular flexibility index (Phi) is 5.35. The molecule has 0 bridgehead atoms. The molecule has 1 atom stereocenters. The number of carbonyl (C=O) groups excluding carboxylic acids is 1. The summed E-state index contributed by atoms with van der Waals surface area (Å²) in [6.45, 7) is 1.41. The first kappa shape index (κ1) is 17.4. The second-order valence-electron chi connectivity index (χ2n) is 4.79. The topological polar surface area (TPSA) is 75.3 Å². The van der Waals surface area contributed by atoms with E-state index >= 15 is 0 Å². The van der Waals surface area contributed by atoms with Crippen molar-refractivity contribution >= 4 is 33.2 Å². The van der Waals surface area contributed by atoms with Gasteiger partial charge in [0.2, 0.25) is 15.9 Å². The summed E-state index contributed by atoms with van der Waals surface area (Å²) in [4.78, 5) is 11.9. The second kappa shape index (κ2) is 7.08. The van der Waals surface area contributed by atoms with Crippen LogP contribution in [0.15, 0.2) is 53.4 Å². The van der Waals surface area contributed by atoms with Crippen molar-refractivity contribution in [3.63, 3.8) is 0 Å². The molecular weight excluding hydrogens is 343 g/mol. The first-order valence-electron chi connectivity index (χ1n) is 6.62. The van der Waals surface area contributed by atoms with Crippen molar-refractivity contribution in [2.75, 3.05) is 5.32 Å². The Labute approximate surface area is 138 Å². The SMILES string of the molecule is C[C@@H](NS(=O)(=O)c1ccc(F)cc1)C(=O)Nc1ccc(Cl)cc1. The Bertz CT molecular complexity index is 792. The molecule has 0 heterocycles. The molecule has 0 saturated heterocycles. The number of hydrogen-bond acceptors (Lipinski definition) is 3. The quantitative estimate of drug-likeness (QED) is 0.865. The Morgan fingerprint density at radius 2 is 1.65 bits per heavy atom. The molecule has 5 nitrogen and oxygen atoms in total. The van der Waals surface area contributed by atoms with Gasteiger partial charge < -0.3 is 5.32 Å². The number of amides is 1. The molecule has 23 heavy (non-hydrogen) atoms. The zero-order valence-corrected chi connectivity index (χ0v) is 13.7. The van der Waals surface area contributed by atoms with Crippen LogP contribution < -0.4 is 10.0 Å². The molecule has 0 saturated carbocycles. The van der Waals surface area contributed by atoms with Crippen LogP contribution in [-0.2, 0) is 14.8 Å². The Morgan fingerprint density at radius 1 is 1.09 bits per heavy atom. The minimum atomic E-state index is -3.92. The van der Waals surface area contributed by atoms with Crippen molar-refractivity contribution in [2.45, 2.75) is 17.9 Å². The number of rotatable bonds is 5. The zero-order valence-electron chi connectivity index (χ0n) is 12.1. The summed E-state index contributed by atoms with van der Waals surface area (Å²) in [7, 11) is -3.92. The predicted molar refractivity (Wildman–Crippen MR) is 86.3 cm³/mol. The molecule has 2 N–H and O–H groups in total. The number of nitrogens with one attached hydrogen (secondary N) is 2. The lowest BCUT2D eigenvalue weighted by molar-refractivity contribution is -0.117. The first-order valence-corrected chi connectivity index (χ1v) is 8.48. The van der Waals surface area contributed by atoms with Gasteiger partial charge in [0.1, 0.15) is 5.82 Å². The van der Waals surface area contributed by atoms with Gasteiger partial charge in [0.25, 0.3) is 0 Å². The van der Waals surface area contributed by atoms with Gasteiger partial charge in [-0.2, -0.15) is 4.72 Å². The van der Waals surface area contributed by atoms with Gasteiger partial charge in [-0.3, -0.25) is 4.79 Å². The maximum Gasteiger partial charge on any atom is 0.242 e. The molecule has 0 unspecified atom stereocenters. The lowest BCUT2D eigenvalue weighted by Crippen LogP contribution is -2.41. The molecule has 1 amide bonds. The van der Waals surface area contributed by atoms with Gasteiger partial charge in [0.15, 0.2) is 0 Å². The molecule has 2 rings (SSSR count). The minimum Gasteiger partial charge on any atom is -0.325 e. The summed E-state index contributed by atoms with van der Waals surface area (Å²) in [5.74, 6) is -1.07. The molecule has 8 heteroatoms. The Hall–Kier alpha value is -1.96. The van der Waals surface area contributed by atoms with E-state index in [4.69, 9.17) is 11.6 Å². The van der Waals surface area contributed by atoms with Crippen LogP contribution in [0.25, 0.3) is 0 Å². The summed E-state index contributed by atoms with van der Waals surface area (Å²) >= 11 is 5.75. The van der Waals surface area contributed by atoms with E-state index in [1.54, 1.807) is 24.3 Å². The van der Waals surface area contributed by atoms with Crippen LogP contribution in [0.3, 0.4) is 0 Å². The number of benzene rings is 2. The number of hydrogen-bond donors (Lipinski definition) is 2. The lowest BCUT2D eigenvalue weighted by atomic mass is 10.3. The van der Waals surface area contributed by atoms with Crippen LogP contribution in [0.1, 0.15) is 6.92 Å². The molecule has 2 aromatic carbocycles. The summed E-state index contributed by atoms with van der Waals surface area (Å²) in [5, 5.41) is 3.09. The van der Waals surface area contributed by atoms with Crippen molar-refractivity contribution in [1.82, 2.24) is 4.72 Å². The van der Waals surface area contributed by atoms with Crippen molar-refractivity contribution in [3.05, 3.63) is 59.4 Å². The van der Waals surface area contributed by atoms with Crippen LogP contribution >= 0.6 is 11.6 Å². The van der Waals surface area contributed by atoms with Crippen LogP contribution in [0.5, 0.6) is 0 Å². The molecule has 0 fully saturated rings. The van der Waals surface area contributed by atoms with Gasteiger partial charge in [0, 0.05) is 10.7 Å². The zero-order chi connectivity index (χ0) is 17.0. The fraction of sp³-hybridized carbons (Fsp3) is 0.133. The molecular formula is C15H14ClFN2O3S. The predicted octanol–water partition coefficient (Wildman–Crippen LogP) is 2.78. The Morgan fingerprint density at radius 3 is 2.22 bits per heavy atom. The maximum absolute atomic E-state index is 12.8. The fourth-order valence-electron chi connectivity index (χ4n) is 1.75. The van der Waals surface area contributed by atoms with Crippen LogP contribution in [-0.4, -0.2) is 20.4 Å². The second-order valence-corrected chi connectivity index (χ2v) is 6.94. The van der Waals surface area contributed by atoms with Crippen molar-refractivity contribution < 1.29 is 17.6 Å². The third-order valence-corrected chi connectivity index (χ3v) is 4.77. The van der Waals surface area contributed by atoms with E-state index in [9.17, 15) is 17.6 Å². The van der Waals surface area contributed by atoms with Crippen molar-refractivity contribution in [3.8, 4) is 0 Å². The third kappa shape index (κ3) is 4.75. The molecule has 0 spiro atoms. The average molecular weight is 357 g/mol. The van der Waals surface area contributed by atoms with E-state index in [0.717, 1.165) is 24.3 Å². The Balaban J connectivity index is 2.05. The molecule has 0 aliphatic carbocycles. The third-order valence-electron chi connectivity index (χ3n) is 2.96. The largest absolute Gasteiger partial charge is 0.325 e. The monoisotopic (exact) mass is 356 g/mol. The van der Waals surface area contributed by atoms with Crippen LogP contribution in [0, 0.1) is 5.82 Å². The van der Waals surface area contributed by atoms with Gasteiger partial charge in [-0.15, -0.1) is 0 Å². The van der Waals surface area contributed by atoms with Crippen LogP contribution in [0.2, 0.25) is 5.02 Å². The van der Waals surface area contributed by atoms with Gasteiger partial charge in [-0.1, -0.05) is 11.6 Å². The minimum absolute atomic E-state index is 0.120. The fourth-order valence-corrected chi connectivity index (χ4v) is 3.08. The van der Waals surface area contributed by atoms with E-state index in [-0.39, 0.29) is 4.90 Å². The molecule has 0 aliphatic rings. The highest BCUT2D eigenvalue weighted by molar-refractivity contribution is 7.89. The highest BCUT2D eigenvalue weighted by atomic mass is 35.5. The molecule has 0 aliphatic heterocycles. The highest BCUT2D eigenvalue weighted by Crippen LogP contribution is 2.14. The maximum atomic E-state index is 12.8. The van der Waals surface area contributed by atoms with Crippen molar-refractivity contribution in [1.29, 1.82) is 0 Å². The smallest absolute Gasteiger partial charge is 0.242 e. The van der Waals surface area contributed by atoms with Crippen LogP contribution in [0.4, 0.5) is 10.1 Å². The lowest BCUT2D eigenvalue weighted by Gasteiger charge is -2.14. The molecule has 0 aromatic heterocycles. The molecule has 0 radical (unpaired) electrons. The van der Waals surface area contributed by atoms with Gasteiger partial charge in [0.05, 0.1) is 10.9 Å². The van der Waals surface area contributed by atoms with E-state index < -0.39 is 27.8 Å². The van der Waals surface area contributed by atoms with E-state index in [1.807, 2.05) is 0 Å². The number of carbonyl (C=O) groups is 1. The number of sulfonamides is 1.